The summed E-state index contributed by atoms with van der Waals surface area (Å²) in [7, 11) is -3.41. The molecule has 1 aromatic rings. The zero-order chi connectivity index (χ0) is 11.5. The molecular formula is C8H12BrNO3S2. The number of hydrogen-bond donors (Lipinski definition) is 2. The van der Waals surface area contributed by atoms with E-state index in [4.69, 9.17) is 5.11 Å². The minimum atomic E-state index is -3.41. The van der Waals surface area contributed by atoms with Crippen LogP contribution >= 0.6 is 27.3 Å². The van der Waals surface area contributed by atoms with Crippen molar-refractivity contribution in [1.82, 2.24) is 4.72 Å². The minimum Gasteiger partial charge on any atom is -0.395 e. The maximum absolute atomic E-state index is 11.5. The van der Waals surface area contributed by atoms with Gasteiger partial charge in [-0.1, -0.05) is 0 Å². The molecule has 2 N–H and O–H groups in total. The van der Waals surface area contributed by atoms with Crippen LogP contribution in [0.4, 0.5) is 0 Å². The van der Waals surface area contributed by atoms with Crippen LogP contribution in [0.1, 0.15) is 11.8 Å². The van der Waals surface area contributed by atoms with E-state index < -0.39 is 15.3 Å². The molecule has 0 saturated heterocycles. The molecule has 4 nitrogen and oxygen atoms in total. The molecule has 15 heavy (non-hydrogen) atoms. The summed E-state index contributed by atoms with van der Waals surface area (Å²) in [6.45, 7) is 1.36. The average Bonchev–Trinajstić information content (AvgIpc) is 2.60. The third-order valence-electron chi connectivity index (χ3n) is 1.86. The van der Waals surface area contributed by atoms with Crippen LogP contribution in [0.25, 0.3) is 0 Å². The third-order valence-corrected chi connectivity index (χ3v) is 5.31. The van der Waals surface area contributed by atoms with Crippen molar-refractivity contribution in [2.24, 2.45) is 0 Å². The molecule has 1 heterocycles. The van der Waals surface area contributed by atoms with E-state index in [0.29, 0.717) is 0 Å². The van der Waals surface area contributed by atoms with Crippen LogP contribution in [0.3, 0.4) is 0 Å². The van der Waals surface area contributed by atoms with Crippen molar-refractivity contribution in [1.29, 1.82) is 0 Å². The second kappa shape index (κ2) is 5.40. The lowest BCUT2D eigenvalue weighted by Crippen LogP contribution is -2.34. The number of sulfonamides is 1. The first-order valence-electron chi connectivity index (χ1n) is 4.28. The lowest BCUT2D eigenvalue weighted by Gasteiger charge is -2.10. The Morgan fingerprint density at radius 1 is 1.67 bits per heavy atom. The Bertz CT molecular complexity index is 415. The Balaban J connectivity index is 2.57. The normalized spacial score (nSPS) is 14.1. The van der Waals surface area contributed by atoms with Gasteiger partial charge in [-0.25, -0.2) is 13.1 Å². The topological polar surface area (TPSA) is 66.4 Å². The number of rotatable bonds is 5. The van der Waals surface area contributed by atoms with Crippen LogP contribution in [0, 0.1) is 0 Å². The number of aliphatic hydroxyl groups excluding tert-OH is 1. The van der Waals surface area contributed by atoms with Crippen LogP contribution in [-0.4, -0.2) is 25.4 Å². The van der Waals surface area contributed by atoms with Gasteiger partial charge >= 0.3 is 0 Å². The SMILES string of the molecule is CC(CO)S(=O)(=O)NCc1cc(Br)cs1. The maximum atomic E-state index is 11.5. The summed E-state index contributed by atoms with van der Waals surface area (Å²) >= 11 is 4.76. The quantitative estimate of drug-likeness (QED) is 0.861. The summed E-state index contributed by atoms with van der Waals surface area (Å²) in [5.41, 5.74) is 0. The van der Waals surface area contributed by atoms with Gasteiger partial charge in [0.1, 0.15) is 0 Å². The summed E-state index contributed by atoms with van der Waals surface area (Å²) in [5.74, 6) is 0. The molecular weight excluding hydrogens is 302 g/mol. The highest BCUT2D eigenvalue weighted by atomic mass is 79.9. The van der Waals surface area contributed by atoms with E-state index in [0.717, 1.165) is 9.35 Å². The number of nitrogens with one attached hydrogen (secondary N) is 1. The molecule has 0 aliphatic heterocycles. The van der Waals surface area contributed by atoms with E-state index in [1.165, 1.54) is 18.3 Å². The number of aliphatic hydroxyl groups is 1. The fourth-order valence-electron chi connectivity index (χ4n) is 0.859. The number of thiophene rings is 1. The maximum Gasteiger partial charge on any atom is 0.216 e. The molecule has 0 saturated carbocycles. The van der Waals surface area contributed by atoms with E-state index in [2.05, 4.69) is 20.7 Å². The molecule has 1 rings (SSSR count). The van der Waals surface area contributed by atoms with Gasteiger partial charge < -0.3 is 5.11 Å². The van der Waals surface area contributed by atoms with Crippen molar-refractivity contribution in [2.75, 3.05) is 6.61 Å². The number of hydrogen-bond acceptors (Lipinski definition) is 4. The smallest absolute Gasteiger partial charge is 0.216 e. The largest absolute Gasteiger partial charge is 0.395 e. The second-order valence-electron chi connectivity index (χ2n) is 3.09. The average molecular weight is 314 g/mol. The summed E-state index contributed by atoms with van der Waals surface area (Å²) in [6, 6.07) is 1.86. The van der Waals surface area contributed by atoms with Gasteiger partial charge in [0.2, 0.25) is 10.0 Å². The van der Waals surface area contributed by atoms with Gasteiger partial charge in [-0.2, -0.15) is 0 Å². The summed E-state index contributed by atoms with van der Waals surface area (Å²) < 4.78 is 26.3. The molecule has 0 aromatic carbocycles. The third kappa shape index (κ3) is 3.84. The van der Waals surface area contributed by atoms with E-state index in [9.17, 15) is 8.42 Å². The Kier molecular flexibility index (Phi) is 4.72. The van der Waals surface area contributed by atoms with Crippen LogP contribution in [0.2, 0.25) is 0 Å². The minimum absolute atomic E-state index is 0.267. The van der Waals surface area contributed by atoms with Crippen LogP contribution in [0.5, 0.6) is 0 Å². The zero-order valence-electron chi connectivity index (χ0n) is 8.10. The highest BCUT2D eigenvalue weighted by Crippen LogP contribution is 2.19. The molecule has 0 aliphatic carbocycles. The van der Waals surface area contributed by atoms with Gasteiger partial charge in [-0.3, -0.25) is 0 Å². The highest BCUT2D eigenvalue weighted by molar-refractivity contribution is 9.10. The highest BCUT2D eigenvalue weighted by Gasteiger charge is 2.19. The summed E-state index contributed by atoms with van der Waals surface area (Å²) in [4.78, 5) is 0.926. The molecule has 86 valence electrons. The molecule has 0 aliphatic rings. The fourth-order valence-corrected chi connectivity index (χ4v) is 3.18. The lowest BCUT2D eigenvalue weighted by molar-refractivity contribution is 0.295. The van der Waals surface area contributed by atoms with Gasteiger partial charge in [-0.15, -0.1) is 11.3 Å². The predicted octanol–water partition coefficient (Wildman–Crippen LogP) is 1.31. The van der Waals surface area contributed by atoms with Crippen molar-refractivity contribution in [2.45, 2.75) is 18.7 Å². The monoisotopic (exact) mass is 313 g/mol. The molecule has 0 fully saturated rings. The molecule has 0 amide bonds. The standard InChI is InChI=1S/C8H12BrNO3S2/c1-6(4-11)15(12,13)10-3-8-2-7(9)5-14-8/h2,5-6,10-11H,3-4H2,1H3. The van der Waals surface area contributed by atoms with Crippen molar-refractivity contribution < 1.29 is 13.5 Å². The molecule has 7 heteroatoms. The molecule has 1 atom stereocenters. The van der Waals surface area contributed by atoms with Crippen molar-refractivity contribution >= 4 is 37.3 Å². The number of halogens is 1. The first-order valence-corrected chi connectivity index (χ1v) is 7.50. The molecule has 0 spiro atoms. The fraction of sp³-hybridized carbons (Fsp3) is 0.500. The van der Waals surface area contributed by atoms with Gasteiger partial charge in [-0.05, 0) is 28.9 Å². The zero-order valence-corrected chi connectivity index (χ0v) is 11.3. The van der Waals surface area contributed by atoms with Gasteiger partial charge in [0.25, 0.3) is 0 Å². The van der Waals surface area contributed by atoms with Crippen LogP contribution in [0.15, 0.2) is 15.9 Å². The molecule has 1 aromatic heterocycles. The van der Waals surface area contributed by atoms with Gasteiger partial charge in [0.15, 0.2) is 0 Å². The van der Waals surface area contributed by atoms with Crippen molar-refractivity contribution in [3.63, 3.8) is 0 Å². The Hall–Kier alpha value is 0.0500. The van der Waals surface area contributed by atoms with Gasteiger partial charge in [0, 0.05) is 21.3 Å². The Labute approximate surface area is 102 Å². The van der Waals surface area contributed by atoms with Crippen molar-refractivity contribution in [3.8, 4) is 0 Å². The van der Waals surface area contributed by atoms with E-state index in [-0.39, 0.29) is 13.2 Å². The van der Waals surface area contributed by atoms with E-state index in [1.807, 2.05) is 11.4 Å². The predicted molar refractivity (Wildman–Crippen MR) is 64.3 cm³/mol. The first kappa shape index (κ1) is 13.1. The van der Waals surface area contributed by atoms with E-state index >= 15 is 0 Å². The van der Waals surface area contributed by atoms with Crippen LogP contribution in [-0.2, 0) is 16.6 Å². The van der Waals surface area contributed by atoms with Crippen LogP contribution < -0.4 is 4.72 Å². The molecule has 0 bridgehead atoms. The summed E-state index contributed by atoms with van der Waals surface area (Å²) in [5, 5.41) is 9.86. The first-order chi connectivity index (χ1) is 6.95. The summed E-state index contributed by atoms with van der Waals surface area (Å²) in [6.07, 6.45) is 0. The molecule has 0 radical (unpaired) electrons. The molecule has 1 unspecified atom stereocenters. The Morgan fingerprint density at radius 3 is 2.80 bits per heavy atom. The second-order valence-corrected chi connectivity index (χ2v) is 7.19. The Morgan fingerprint density at radius 2 is 2.33 bits per heavy atom. The van der Waals surface area contributed by atoms with E-state index in [1.54, 1.807) is 0 Å². The lowest BCUT2D eigenvalue weighted by atomic mass is 10.5. The van der Waals surface area contributed by atoms with Crippen molar-refractivity contribution in [3.05, 3.63) is 20.8 Å². The van der Waals surface area contributed by atoms with Gasteiger partial charge in [0.05, 0.1) is 11.9 Å².